The zero-order chi connectivity index (χ0) is 11.6. The molecule has 0 aliphatic carbocycles. The highest BCUT2D eigenvalue weighted by Crippen LogP contribution is 2.30. The lowest BCUT2D eigenvalue weighted by molar-refractivity contribution is 0.0697. The summed E-state index contributed by atoms with van der Waals surface area (Å²) in [5.41, 5.74) is 7.28. The van der Waals surface area contributed by atoms with Gasteiger partial charge in [0.2, 0.25) is 0 Å². The first kappa shape index (κ1) is 14.9. The molecule has 3 N–H and O–H groups in total. The molecule has 1 aromatic carbocycles. The van der Waals surface area contributed by atoms with Gasteiger partial charge >= 0.3 is 5.97 Å². The Hall–Kier alpha value is -1.06. The molecule has 0 saturated heterocycles. The molecule has 1 rings (SSSR count). The molecular formula is C12H18ClNO2. The fourth-order valence-electron chi connectivity index (χ4n) is 1.33. The highest BCUT2D eigenvalue weighted by Gasteiger charge is 2.22. The van der Waals surface area contributed by atoms with Gasteiger partial charge in [0.15, 0.2) is 0 Å². The molecular weight excluding hydrogens is 226 g/mol. The summed E-state index contributed by atoms with van der Waals surface area (Å²) >= 11 is 0. The smallest absolute Gasteiger partial charge is 0.335 e. The summed E-state index contributed by atoms with van der Waals surface area (Å²) in [5.74, 6) is -0.911. The van der Waals surface area contributed by atoms with Crippen molar-refractivity contribution in [3.63, 3.8) is 0 Å². The average molecular weight is 244 g/mol. The number of carboxylic acid groups (broad SMARTS) is 1. The molecule has 0 radical (unpaired) electrons. The van der Waals surface area contributed by atoms with Crippen molar-refractivity contribution in [2.75, 3.05) is 0 Å². The zero-order valence-electron chi connectivity index (χ0n) is 9.73. The Kier molecular flexibility index (Phi) is 4.97. The molecule has 0 aliphatic heterocycles. The lowest BCUT2D eigenvalue weighted by atomic mass is 9.83. The van der Waals surface area contributed by atoms with Gasteiger partial charge in [-0.15, -0.1) is 12.4 Å². The highest BCUT2D eigenvalue weighted by molar-refractivity contribution is 5.87. The van der Waals surface area contributed by atoms with Crippen molar-refractivity contribution in [2.45, 2.75) is 26.8 Å². The molecule has 1 atom stereocenters. The summed E-state index contributed by atoms with van der Waals surface area (Å²) in [7, 11) is 0. The largest absolute Gasteiger partial charge is 0.478 e. The second-order valence-electron chi connectivity index (χ2n) is 4.77. The Balaban J connectivity index is 0.00000225. The van der Waals surface area contributed by atoms with E-state index in [2.05, 4.69) is 20.8 Å². The monoisotopic (exact) mass is 243 g/mol. The van der Waals surface area contributed by atoms with Gasteiger partial charge in [0, 0.05) is 6.04 Å². The average Bonchev–Trinajstić information content (AvgIpc) is 2.15. The molecule has 0 fully saturated rings. The zero-order valence-corrected chi connectivity index (χ0v) is 10.5. The molecule has 4 heteroatoms. The van der Waals surface area contributed by atoms with E-state index in [1.54, 1.807) is 24.3 Å². The van der Waals surface area contributed by atoms with Crippen molar-refractivity contribution in [1.29, 1.82) is 0 Å². The highest BCUT2D eigenvalue weighted by atomic mass is 35.5. The van der Waals surface area contributed by atoms with Crippen molar-refractivity contribution >= 4 is 18.4 Å². The van der Waals surface area contributed by atoms with E-state index in [-0.39, 0.29) is 23.9 Å². The van der Waals surface area contributed by atoms with E-state index in [4.69, 9.17) is 10.8 Å². The minimum atomic E-state index is -0.911. The van der Waals surface area contributed by atoms with Crippen LogP contribution in [0.4, 0.5) is 0 Å². The summed E-state index contributed by atoms with van der Waals surface area (Å²) in [6, 6.07) is 6.64. The number of hydrogen-bond acceptors (Lipinski definition) is 2. The van der Waals surface area contributed by atoms with E-state index in [1.807, 2.05) is 0 Å². The van der Waals surface area contributed by atoms with Gasteiger partial charge in [0.25, 0.3) is 0 Å². The van der Waals surface area contributed by atoms with Crippen LogP contribution < -0.4 is 5.73 Å². The van der Waals surface area contributed by atoms with E-state index in [9.17, 15) is 4.79 Å². The van der Waals surface area contributed by atoms with E-state index in [1.165, 1.54) is 0 Å². The van der Waals surface area contributed by atoms with Gasteiger partial charge < -0.3 is 10.8 Å². The molecule has 0 unspecified atom stereocenters. The molecule has 0 heterocycles. The second kappa shape index (κ2) is 5.32. The van der Waals surface area contributed by atoms with Crippen LogP contribution in [0.1, 0.15) is 42.7 Å². The van der Waals surface area contributed by atoms with Crippen LogP contribution in [0.15, 0.2) is 24.3 Å². The summed E-state index contributed by atoms with van der Waals surface area (Å²) in [5, 5.41) is 8.74. The maximum absolute atomic E-state index is 10.6. The van der Waals surface area contributed by atoms with Crippen molar-refractivity contribution in [3.05, 3.63) is 35.4 Å². The van der Waals surface area contributed by atoms with Gasteiger partial charge in [-0.1, -0.05) is 32.9 Å². The fraction of sp³-hybridized carbons (Fsp3) is 0.417. The summed E-state index contributed by atoms with van der Waals surface area (Å²) in [4.78, 5) is 10.6. The number of hydrogen-bond donors (Lipinski definition) is 2. The van der Waals surface area contributed by atoms with Gasteiger partial charge in [-0.25, -0.2) is 4.79 Å². The normalized spacial score (nSPS) is 12.8. The summed E-state index contributed by atoms with van der Waals surface area (Å²) < 4.78 is 0. The number of carbonyl (C=O) groups is 1. The van der Waals surface area contributed by atoms with E-state index >= 15 is 0 Å². The van der Waals surface area contributed by atoms with Crippen molar-refractivity contribution in [1.82, 2.24) is 0 Å². The Morgan fingerprint density at radius 1 is 1.25 bits per heavy atom. The van der Waals surface area contributed by atoms with Gasteiger partial charge in [-0.2, -0.15) is 0 Å². The Morgan fingerprint density at radius 3 is 2.00 bits per heavy atom. The number of nitrogens with two attached hydrogens (primary N) is 1. The standard InChI is InChI=1S/C12H17NO2.ClH/c1-12(2,3)10(13)8-4-6-9(7-5-8)11(14)15;/h4-7,10H,13H2,1-3H3,(H,14,15);1H/t10-;/m0./s1. The minimum Gasteiger partial charge on any atom is -0.478 e. The van der Waals surface area contributed by atoms with Crippen LogP contribution in [0.2, 0.25) is 0 Å². The Labute approximate surface area is 102 Å². The van der Waals surface area contributed by atoms with Crippen molar-refractivity contribution in [3.8, 4) is 0 Å². The van der Waals surface area contributed by atoms with Crippen LogP contribution in [0.3, 0.4) is 0 Å². The van der Waals surface area contributed by atoms with Gasteiger partial charge in [-0.05, 0) is 23.1 Å². The van der Waals surface area contributed by atoms with Crippen LogP contribution in [-0.2, 0) is 0 Å². The lowest BCUT2D eigenvalue weighted by Crippen LogP contribution is -2.26. The minimum absolute atomic E-state index is 0. The van der Waals surface area contributed by atoms with Gasteiger partial charge in [-0.3, -0.25) is 0 Å². The molecule has 90 valence electrons. The molecule has 0 saturated carbocycles. The first-order valence-electron chi connectivity index (χ1n) is 4.91. The number of benzene rings is 1. The van der Waals surface area contributed by atoms with E-state index in [0.717, 1.165) is 5.56 Å². The topological polar surface area (TPSA) is 63.3 Å². The predicted molar refractivity (Wildman–Crippen MR) is 67.0 cm³/mol. The molecule has 0 amide bonds. The molecule has 0 aromatic heterocycles. The molecule has 0 bridgehead atoms. The maximum atomic E-state index is 10.6. The predicted octanol–water partition coefficient (Wildman–Crippen LogP) is 2.85. The third-order valence-electron chi connectivity index (χ3n) is 2.45. The SMILES string of the molecule is CC(C)(C)[C@@H](N)c1ccc(C(=O)O)cc1.Cl. The van der Waals surface area contributed by atoms with Crippen molar-refractivity contribution in [2.24, 2.45) is 11.1 Å². The first-order chi connectivity index (χ1) is 6.82. The van der Waals surface area contributed by atoms with Crippen LogP contribution >= 0.6 is 12.4 Å². The van der Waals surface area contributed by atoms with Crippen LogP contribution in [0, 0.1) is 5.41 Å². The molecule has 0 spiro atoms. The Morgan fingerprint density at radius 2 is 1.69 bits per heavy atom. The lowest BCUT2D eigenvalue weighted by Gasteiger charge is -2.27. The third-order valence-corrected chi connectivity index (χ3v) is 2.45. The molecule has 16 heavy (non-hydrogen) atoms. The molecule has 1 aromatic rings. The van der Waals surface area contributed by atoms with E-state index < -0.39 is 5.97 Å². The number of carboxylic acids is 1. The van der Waals surface area contributed by atoms with E-state index in [0.29, 0.717) is 5.56 Å². The summed E-state index contributed by atoms with van der Waals surface area (Å²) in [6.45, 7) is 6.17. The number of rotatable bonds is 2. The van der Waals surface area contributed by atoms with Crippen molar-refractivity contribution < 1.29 is 9.90 Å². The van der Waals surface area contributed by atoms with Crippen LogP contribution in [0.25, 0.3) is 0 Å². The Bertz CT molecular complexity index is 354. The number of aromatic carboxylic acids is 1. The van der Waals surface area contributed by atoms with Gasteiger partial charge in [0.1, 0.15) is 0 Å². The van der Waals surface area contributed by atoms with Gasteiger partial charge in [0.05, 0.1) is 5.56 Å². The fourth-order valence-corrected chi connectivity index (χ4v) is 1.33. The number of halogens is 1. The molecule has 3 nitrogen and oxygen atoms in total. The third kappa shape index (κ3) is 3.51. The summed E-state index contributed by atoms with van der Waals surface area (Å²) in [6.07, 6.45) is 0. The second-order valence-corrected chi connectivity index (χ2v) is 4.77. The quantitative estimate of drug-likeness (QED) is 0.840. The van der Waals surface area contributed by atoms with Crippen LogP contribution in [-0.4, -0.2) is 11.1 Å². The maximum Gasteiger partial charge on any atom is 0.335 e. The molecule has 0 aliphatic rings. The van der Waals surface area contributed by atoms with Crippen LogP contribution in [0.5, 0.6) is 0 Å². The first-order valence-corrected chi connectivity index (χ1v) is 4.91.